The number of likely N-dealkylation sites (tertiary alicyclic amines) is 2. The van der Waals surface area contributed by atoms with Crippen LogP contribution < -0.4 is 5.32 Å². The summed E-state index contributed by atoms with van der Waals surface area (Å²) in [5, 5.41) is 3.08. The molecular formula is C45H49N7O5. The summed E-state index contributed by atoms with van der Waals surface area (Å²) in [5.74, 6) is 1.20. The monoisotopic (exact) mass is 767 g/mol. The highest BCUT2D eigenvalue weighted by molar-refractivity contribution is 6.10. The van der Waals surface area contributed by atoms with Crippen molar-refractivity contribution in [3.05, 3.63) is 102 Å². The van der Waals surface area contributed by atoms with Crippen LogP contribution in [0, 0.1) is 0 Å². The van der Waals surface area contributed by atoms with E-state index in [4.69, 9.17) is 19.4 Å². The van der Waals surface area contributed by atoms with Crippen molar-refractivity contribution in [1.82, 2.24) is 29.7 Å². The molecule has 6 aromatic rings. The molecule has 4 aromatic carbocycles. The Labute approximate surface area is 332 Å². The molecule has 2 aliphatic heterocycles. The highest BCUT2D eigenvalue weighted by atomic mass is 16.6. The second kappa shape index (κ2) is 14.7. The maximum Gasteiger partial charge on any atom is 0.410 e. The number of imidazole rings is 2. The van der Waals surface area contributed by atoms with Crippen LogP contribution in [0.4, 0.5) is 15.3 Å². The van der Waals surface area contributed by atoms with Gasteiger partial charge in [0.2, 0.25) is 0 Å². The Balaban J connectivity index is 1.11. The highest BCUT2D eigenvalue weighted by Gasteiger charge is 2.36. The van der Waals surface area contributed by atoms with E-state index in [-0.39, 0.29) is 30.2 Å². The third-order valence-corrected chi connectivity index (χ3v) is 10.3. The van der Waals surface area contributed by atoms with Crippen molar-refractivity contribution >= 4 is 45.8 Å². The number of hydrogen-bond donors (Lipinski definition) is 3. The van der Waals surface area contributed by atoms with Crippen LogP contribution in [0.25, 0.3) is 44.3 Å². The van der Waals surface area contributed by atoms with Crippen LogP contribution in [-0.4, -0.2) is 72.1 Å². The van der Waals surface area contributed by atoms with E-state index in [1.807, 2.05) is 126 Å². The lowest BCUT2D eigenvalue weighted by Crippen LogP contribution is -2.36. The number of carbonyl (C=O) groups excluding carboxylic acids is 3. The van der Waals surface area contributed by atoms with Gasteiger partial charge < -0.3 is 24.8 Å². The van der Waals surface area contributed by atoms with E-state index in [1.165, 1.54) is 0 Å². The Hall–Kier alpha value is -6.17. The summed E-state index contributed by atoms with van der Waals surface area (Å²) in [4.78, 5) is 60.5. The molecule has 12 heteroatoms. The third kappa shape index (κ3) is 8.07. The van der Waals surface area contributed by atoms with Gasteiger partial charge in [-0.15, -0.1) is 0 Å². The van der Waals surface area contributed by atoms with Crippen LogP contribution >= 0.6 is 0 Å². The molecule has 0 unspecified atom stereocenters. The predicted molar refractivity (Wildman–Crippen MR) is 221 cm³/mol. The molecule has 8 rings (SSSR count). The number of H-pyrrole nitrogens is 2. The summed E-state index contributed by atoms with van der Waals surface area (Å²) in [6.45, 7) is 12.4. The third-order valence-electron chi connectivity index (χ3n) is 10.3. The van der Waals surface area contributed by atoms with Crippen LogP contribution in [0.15, 0.2) is 84.9 Å². The SMILES string of the molecule is CC(C)(C)OC(=O)N1CCC[C@H]1c1nc2ccc(-c3ccc(-c4ccc5nc([C@@H]6CCCN6C(=O)OC(C)(C)C)[nH]c5c4)c(C(=O)Nc4ccccc4)c3)cc2[nH]1. The molecule has 0 saturated carbocycles. The molecule has 2 atom stereocenters. The van der Waals surface area contributed by atoms with Gasteiger partial charge in [0.15, 0.2) is 0 Å². The van der Waals surface area contributed by atoms with Gasteiger partial charge in [-0.25, -0.2) is 19.6 Å². The molecule has 0 aliphatic carbocycles. The van der Waals surface area contributed by atoms with E-state index in [1.54, 1.807) is 9.80 Å². The first-order chi connectivity index (χ1) is 27.2. The molecule has 2 aliphatic rings. The molecule has 0 bridgehead atoms. The first-order valence-corrected chi connectivity index (χ1v) is 19.7. The van der Waals surface area contributed by atoms with E-state index in [2.05, 4.69) is 15.3 Å². The average Bonchev–Trinajstić information content (AvgIpc) is 3.98. The number of para-hydroxylation sites is 1. The molecule has 0 spiro atoms. The fraction of sp³-hybridized carbons (Fsp3) is 0.356. The van der Waals surface area contributed by atoms with Crippen molar-refractivity contribution in [2.45, 2.75) is 90.5 Å². The molecule has 2 fully saturated rings. The number of benzene rings is 4. The minimum Gasteiger partial charge on any atom is -0.444 e. The van der Waals surface area contributed by atoms with Gasteiger partial charge in [-0.2, -0.15) is 0 Å². The van der Waals surface area contributed by atoms with Gasteiger partial charge in [0.1, 0.15) is 22.9 Å². The molecule has 4 heterocycles. The first-order valence-electron chi connectivity index (χ1n) is 19.7. The summed E-state index contributed by atoms with van der Waals surface area (Å²) in [5.41, 5.74) is 6.61. The summed E-state index contributed by atoms with van der Waals surface area (Å²) in [6, 6.07) is 26.9. The van der Waals surface area contributed by atoms with E-state index in [0.717, 1.165) is 75.8 Å². The minimum atomic E-state index is -0.593. The average molecular weight is 768 g/mol. The number of nitrogens with zero attached hydrogens (tertiary/aromatic N) is 4. The number of aromatic amines is 2. The van der Waals surface area contributed by atoms with Gasteiger partial charge in [-0.1, -0.05) is 42.5 Å². The Morgan fingerprint density at radius 2 is 1.14 bits per heavy atom. The van der Waals surface area contributed by atoms with Gasteiger partial charge in [0, 0.05) is 24.3 Å². The Bertz CT molecular complexity index is 2480. The number of ether oxygens (including phenoxy) is 2. The summed E-state index contributed by atoms with van der Waals surface area (Å²) < 4.78 is 11.4. The van der Waals surface area contributed by atoms with Crippen LogP contribution in [0.1, 0.15) is 101 Å². The number of nitrogens with one attached hydrogen (secondary N) is 3. The smallest absolute Gasteiger partial charge is 0.410 e. The standard InChI is InChI=1S/C45H49N7O5/c1-44(2,3)56-42(54)51-22-10-14-37(51)39-47-33-20-17-28(25-35(33)49-39)27-16-19-31(32(24-27)41(53)46-30-12-8-7-9-13-30)29-18-21-34-36(26-29)50-40(48-34)38-15-11-23-52(38)43(55)57-45(4,5)6/h7-9,12-13,16-21,24-26,37-38H,10-11,14-15,22-23H2,1-6H3,(H,46,53)(H,47,49)(H,48,50)/t37-,38-/m0/s1. The van der Waals surface area contributed by atoms with Gasteiger partial charge in [-0.05, 0) is 132 Å². The lowest BCUT2D eigenvalue weighted by atomic mass is 9.94. The fourth-order valence-corrected chi connectivity index (χ4v) is 7.78. The number of anilines is 1. The molecule has 3 N–H and O–H groups in total. The molecule has 57 heavy (non-hydrogen) atoms. The number of amides is 3. The van der Waals surface area contributed by atoms with Gasteiger partial charge in [0.05, 0.1) is 34.2 Å². The molecule has 294 valence electrons. The zero-order valence-electron chi connectivity index (χ0n) is 33.3. The summed E-state index contributed by atoms with van der Waals surface area (Å²) in [6.07, 6.45) is 2.64. The van der Waals surface area contributed by atoms with Crippen molar-refractivity contribution in [3.8, 4) is 22.3 Å². The number of hydrogen-bond acceptors (Lipinski definition) is 7. The zero-order chi connectivity index (χ0) is 40.1. The molecular weight excluding hydrogens is 719 g/mol. The second-order valence-corrected chi connectivity index (χ2v) is 17.0. The Morgan fingerprint density at radius 1 is 0.649 bits per heavy atom. The quantitative estimate of drug-likeness (QED) is 0.153. The van der Waals surface area contributed by atoms with E-state index >= 15 is 0 Å². The van der Waals surface area contributed by atoms with Crippen molar-refractivity contribution in [2.24, 2.45) is 0 Å². The minimum absolute atomic E-state index is 0.200. The van der Waals surface area contributed by atoms with Crippen LogP contribution in [0.5, 0.6) is 0 Å². The van der Waals surface area contributed by atoms with E-state index < -0.39 is 11.2 Å². The van der Waals surface area contributed by atoms with Gasteiger partial charge >= 0.3 is 12.2 Å². The predicted octanol–water partition coefficient (Wildman–Crippen LogP) is 10.2. The second-order valence-electron chi connectivity index (χ2n) is 17.0. The fourth-order valence-electron chi connectivity index (χ4n) is 7.78. The topological polar surface area (TPSA) is 146 Å². The van der Waals surface area contributed by atoms with Crippen LogP contribution in [0.3, 0.4) is 0 Å². The number of aromatic nitrogens is 4. The molecule has 12 nitrogen and oxygen atoms in total. The maximum absolute atomic E-state index is 14.1. The summed E-state index contributed by atoms with van der Waals surface area (Å²) >= 11 is 0. The Kier molecular flexibility index (Phi) is 9.75. The normalized spacial score (nSPS) is 17.4. The zero-order valence-corrected chi connectivity index (χ0v) is 33.3. The molecule has 2 aromatic heterocycles. The van der Waals surface area contributed by atoms with Crippen molar-refractivity contribution in [2.75, 3.05) is 18.4 Å². The Morgan fingerprint density at radius 3 is 1.68 bits per heavy atom. The van der Waals surface area contributed by atoms with Crippen LogP contribution in [0.2, 0.25) is 0 Å². The number of carbonyl (C=O) groups is 3. The van der Waals surface area contributed by atoms with Gasteiger partial charge in [0.25, 0.3) is 5.91 Å². The first kappa shape index (κ1) is 37.7. The molecule has 3 amide bonds. The van der Waals surface area contributed by atoms with Gasteiger partial charge in [-0.3, -0.25) is 14.6 Å². The van der Waals surface area contributed by atoms with E-state index in [0.29, 0.717) is 30.2 Å². The van der Waals surface area contributed by atoms with Crippen molar-refractivity contribution in [3.63, 3.8) is 0 Å². The van der Waals surface area contributed by atoms with E-state index in [9.17, 15) is 14.4 Å². The largest absolute Gasteiger partial charge is 0.444 e. The van der Waals surface area contributed by atoms with Crippen molar-refractivity contribution in [1.29, 1.82) is 0 Å². The number of rotatable bonds is 6. The van der Waals surface area contributed by atoms with Crippen molar-refractivity contribution < 1.29 is 23.9 Å². The maximum atomic E-state index is 14.1. The van der Waals surface area contributed by atoms with Crippen LogP contribution in [-0.2, 0) is 9.47 Å². The molecule has 2 saturated heterocycles. The molecule has 0 radical (unpaired) electrons. The lowest BCUT2D eigenvalue weighted by molar-refractivity contribution is 0.0208. The summed E-state index contributed by atoms with van der Waals surface area (Å²) in [7, 11) is 0. The number of fused-ring (bicyclic) bond motifs is 2. The lowest BCUT2D eigenvalue weighted by Gasteiger charge is -2.27. The highest BCUT2D eigenvalue weighted by Crippen LogP contribution is 2.37.